The fourth-order valence-corrected chi connectivity index (χ4v) is 3.85. The second kappa shape index (κ2) is 10.8. The van der Waals surface area contributed by atoms with Crippen LogP contribution in [0.5, 0.6) is 5.75 Å². The van der Waals surface area contributed by atoms with E-state index in [0.717, 1.165) is 29.9 Å². The van der Waals surface area contributed by atoms with Crippen molar-refractivity contribution in [3.63, 3.8) is 0 Å². The molecule has 0 radical (unpaired) electrons. The molecule has 1 N–H and O–H groups in total. The molecule has 174 valence electrons. The van der Waals surface area contributed by atoms with Crippen LogP contribution in [0.4, 0.5) is 4.79 Å². The first-order valence-electron chi connectivity index (χ1n) is 11.4. The van der Waals surface area contributed by atoms with Crippen molar-refractivity contribution in [2.45, 2.75) is 70.9 Å². The lowest BCUT2D eigenvalue weighted by Gasteiger charge is -2.28. The molecule has 1 fully saturated rings. The smallest absolute Gasteiger partial charge is 0.494 e. The van der Waals surface area contributed by atoms with E-state index in [9.17, 15) is 9.90 Å². The number of rotatable bonds is 11. The van der Waals surface area contributed by atoms with Crippen molar-refractivity contribution in [1.82, 2.24) is 0 Å². The van der Waals surface area contributed by atoms with Crippen LogP contribution in [0, 0.1) is 0 Å². The van der Waals surface area contributed by atoms with Gasteiger partial charge in [-0.15, -0.1) is 0 Å². The minimum atomic E-state index is -1.47. The number of benzene rings is 2. The average molecular weight is 443 g/mol. The molecular formula is C26H34O6. The first-order chi connectivity index (χ1) is 15.3. The summed E-state index contributed by atoms with van der Waals surface area (Å²) in [5.41, 5.74) is 2.63. The lowest BCUT2D eigenvalue weighted by Crippen LogP contribution is -2.36. The van der Waals surface area contributed by atoms with Gasteiger partial charge in [-0.2, -0.15) is 0 Å². The third kappa shape index (κ3) is 6.47. The SMILES string of the molecule is CCCCCCCCOc1ccc(-c2ccc([C@@]3(OC(=O)O)COC(C)(C)O3)cc2)cc1. The van der Waals surface area contributed by atoms with Gasteiger partial charge in [0.1, 0.15) is 12.4 Å². The van der Waals surface area contributed by atoms with E-state index in [1.54, 1.807) is 13.8 Å². The largest absolute Gasteiger partial charge is 0.508 e. The molecule has 1 heterocycles. The number of carboxylic acid groups (broad SMARTS) is 1. The Morgan fingerprint density at radius 2 is 1.53 bits per heavy atom. The molecule has 0 bridgehead atoms. The van der Waals surface area contributed by atoms with Gasteiger partial charge in [-0.3, -0.25) is 0 Å². The molecule has 0 amide bonds. The summed E-state index contributed by atoms with van der Waals surface area (Å²) >= 11 is 0. The van der Waals surface area contributed by atoms with Crippen LogP contribution in [0.2, 0.25) is 0 Å². The van der Waals surface area contributed by atoms with E-state index in [2.05, 4.69) is 6.92 Å². The van der Waals surface area contributed by atoms with Gasteiger partial charge >= 0.3 is 6.16 Å². The fraction of sp³-hybridized carbons (Fsp3) is 0.500. The van der Waals surface area contributed by atoms with E-state index in [1.807, 2.05) is 48.5 Å². The summed E-state index contributed by atoms with van der Waals surface area (Å²) in [7, 11) is 0. The molecule has 0 unspecified atom stereocenters. The van der Waals surface area contributed by atoms with Crippen LogP contribution in [0.3, 0.4) is 0 Å². The monoisotopic (exact) mass is 442 g/mol. The van der Waals surface area contributed by atoms with Crippen molar-refractivity contribution in [1.29, 1.82) is 0 Å². The fourth-order valence-electron chi connectivity index (χ4n) is 3.85. The highest BCUT2D eigenvalue weighted by molar-refractivity contribution is 5.65. The maximum atomic E-state index is 11.2. The lowest BCUT2D eigenvalue weighted by atomic mass is 10.0. The Balaban J connectivity index is 1.59. The van der Waals surface area contributed by atoms with Crippen molar-refractivity contribution >= 4 is 6.16 Å². The Hall–Kier alpha value is -2.57. The summed E-state index contributed by atoms with van der Waals surface area (Å²) in [6.45, 7) is 6.42. The number of hydrogen-bond acceptors (Lipinski definition) is 5. The normalized spacial score (nSPS) is 19.6. The van der Waals surface area contributed by atoms with Crippen LogP contribution in [0.1, 0.15) is 64.9 Å². The quantitative estimate of drug-likeness (QED) is 0.307. The molecule has 0 spiro atoms. The van der Waals surface area contributed by atoms with Crippen molar-refractivity contribution in [2.75, 3.05) is 13.2 Å². The topological polar surface area (TPSA) is 74.2 Å². The van der Waals surface area contributed by atoms with E-state index >= 15 is 0 Å². The average Bonchev–Trinajstić information content (AvgIpc) is 3.08. The molecule has 1 saturated heterocycles. The second-order valence-corrected chi connectivity index (χ2v) is 8.63. The van der Waals surface area contributed by atoms with Crippen molar-refractivity contribution in [2.24, 2.45) is 0 Å². The summed E-state index contributed by atoms with van der Waals surface area (Å²) < 4.78 is 22.4. The highest BCUT2D eigenvalue weighted by atomic mass is 16.9. The Labute approximate surface area is 190 Å². The lowest BCUT2D eigenvalue weighted by molar-refractivity contribution is -0.240. The molecule has 32 heavy (non-hydrogen) atoms. The van der Waals surface area contributed by atoms with Gasteiger partial charge in [-0.05, 0) is 43.5 Å². The molecule has 0 aromatic heterocycles. The third-order valence-corrected chi connectivity index (χ3v) is 5.55. The third-order valence-electron chi connectivity index (χ3n) is 5.55. The molecule has 0 aliphatic carbocycles. The molecule has 2 aromatic carbocycles. The summed E-state index contributed by atoms with van der Waals surface area (Å²) in [6.07, 6.45) is 6.05. The first kappa shape index (κ1) is 24.1. The predicted molar refractivity (Wildman–Crippen MR) is 123 cm³/mol. The summed E-state index contributed by atoms with van der Waals surface area (Å²) in [4.78, 5) is 11.2. The maximum absolute atomic E-state index is 11.2. The summed E-state index contributed by atoms with van der Waals surface area (Å²) in [5, 5.41) is 9.19. The Kier molecular flexibility index (Phi) is 8.15. The predicted octanol–water partition coefficient (Wildman–Crippen LogP) is 6.72. The zero-order valence-corrected chi connectivity index (χ0v) is 19.3. The van der Waals surface area contributed by atoms with Crippen molar-refractivity contribution in [3.8, 4) is 16.9 Å². The molecule has 1 aliphatic rings. The molecular weight excluding hydrogens is 408 g/mol. The van der Waals surface area contributed by atoms with Gasteiger partial charge in [0.05, 0.1) is 6.61 Å². The highest BCUT2D eigenvalue weighted by Crippen LogP contribution is 2.40. The number of unbranched alkanes of at least 4 members (excludes halogenated alkanes) is 5. The van der Waals surface area contributed by atoms with Crippen LogP contribution in [0.15, 0.2) is 48.5 Å². The Morgan fingerprint density at radius 1 is 0.938 bits per heavy atom. The van der Waals surface area contributed by atoms with Gasteiger partial charge in [-0.25, -0.2) is 4.79 Å². The van der Waals surface area contributed by atoms with E-state index < -0.39 is 17.7 Å². The summed E-state index contributed by atoms with van der Waals surface area (Å²) in [5.74, 6) is -1.53. The maximum Gasteiger partial charge on any atom is 0.508 e. The molecule has 0 saturated carbocycles. The van der Waals surface area contributed by atoms with Crippen molar-refractivity contribution in [3.05, 3.63) is 54.1 Å². The van der Waals surface area contributed by atoms with E-state index in [-0.39, 0.29) is 6.61 Å². The van der Waals surface area contributed by atoms with Crippen LogP contribution < -0.4 is 4.74 Å². The van der Waals surface area contributed by atoms with Crippen LogP contribution in [-0.4, -0.2) is 30.3 Å². The number of hydrogen-bond donors (Lipinski definition) is 1. The van der Waals surface area contributed by atoms with Gasteiger partial charge in [0.25, 0.3) is 5.79 Å². The number of carbonyl (C=O) groups is 1. The van der Waals surface area contributed by atoms with Gasteiger partial charge in [0.2, 0.25) is 0 Å². The minimum Gasteiger partial charge on any atom is -0.494 e. The minimum absolute atomic E-state index is 0.00368. The van der Waals surface area contributed by atoms with Gasteiger partial charge in [0.15, 0.2) is 5.79 Å². The molecule has 6 nitrogen and oxygen atoms in total. The molecule has 6 heteroatoms. The standard InChI is InChI=1S/C26H34O6/c1-4-5-6-7-8-9-18-29-23-16-12-21(13-17-23)20-10-14-22(15-11-20)26(31-24(27)28)19-30-25(2,3)32-26/h10-17H,4-9,18-19H2,1-3H3,(H,27,28)/t26-/m1/s1. The molecule has 1 atom stereocenters. The first-order valence-corrected chi connectivity index (χ1v) is 11.4. The van der Waals surface area contributed by atoms with Crippen LogP contribution >= 0.6 is 0 Å². The van der Waals surface area contributed by atoms with Gasteiger partial charge < -0.3 is 24.1 Å². The van der Waals surface area contributed by atoms with Gasteiger partial charge in [0, 0.05) is 5.56 Å². The van der Waals surface area contributed by atoms with E-state index in [4.69, 9.17) is 18.9 Å². The molecule has 2 aromatic rings. The number of ether oxygens (including phenoxy) is 4. The molecule has 1 aliphatic heterocycles. The Bertz CT molecular complexity index is 859. The van der Waals surface area contributed by atoms with Gasteiger partial charge in [-0.1, -0.05) is 75.4 Å². The summed E-state index contributed by atoms with van der Waals surface area (Å²) in [6, 6.07) is 15.5. The van der Waals surface area contributed by atoms with E-state index in [0.29, 0.717) is 5.56 Å². The highest BCUT2D eigenvalue weighted by Gasteiger charge is 2.50. The van der Waals surface area contributed by atoms with Crippen molar-refractivity contribution < 1.29 is 28.8 Å². The molecule has 3 rings (SSSR count). The Morgan fingerprint density at radius 3 is 2.09 bits per heavy atom. The van der Waals surface area contributed by atoms with E-state index in [1.165, 1.54) is 32.1 Å². The zero-order chi connectivity index (χ0) is 23.0. The zero-order valence-electron chi connectivity index (χ0n) is 19.3. The van der Waals surface area contributed by atoms with Crippen LogP contribution in [0.25, 0.3) is 11.1 Å². The second-order valence-electron chi connectivity index (χ2n) is 8.63. The van der Waals surface area contributed by atoms with Crippen LogP contribution in [-0.2, 0) is 20.0 Å².